The molecule has 0 aliphatic carbocycles. The van der Waals surface area contributed by atoms with E-state index in [0.29, 0.717) is 12.4 Å². The minimum Gasteiger partial charge on any atom is -0.508 e. The Hall–Kier alpha value is -2.49. The number of rotatable bonds is 6. The van der Waals surface area contributed by atoms with E-state index in [1.807, 2.05) is 24.3 Å². The first-order valence-electron chi connectivity index (χ1n) is 6.23. The zero-order chi connectivity index (χ0) is 14.4. The van der Waals surface area contributed by atoms with Crippen LogP contribution in [0.1, 0.15) is 11.1 Å². The second-order valence-corrected chi connectivity index (χ2v) is 4.34. The van der Waals surface area contributed by atoms with Gasteiger partial charge in [0.2, 0.25) is 0 Å². The molecule has 0 atom stereocenters. The topological polar surface area (TPSA) is 55.8 Å². The van der Waals surface area contributed by atoms with E-state index >= 15 is 0 Å². The van der Waals surface area contributed by atoms with E-state index in [-0.39, 0.29) is 12.2 Å². The van der Waals surface area contributed by atoms with Crippen molar-refractivity contribution in [2.24, 2.45) is 0 Å². The maximum Gasteiger partial charge on any atom is 0.124 e. The molecule has 0 saturated carbocycles. The van der Waals surface area contributed by atoms with Gasteiger partial charge in [-0.05, 0) is 35.4 Å². The molecule has 4 nitrogen and oxygen atoms in total. The summed E-state index contributed by atoms with van der Waals surface area (Å²) in [7, 11) is 1.62. The van der Waals surface area contributed by atoms with Gasteiger partial charge in [0.15, 0.2) is 0 Å². The molecular weight excluding hydrogens is 256 g/mol. The lowest BCUT2D eigenvalue weighted by Crippen LogP contribution is -1.96. The van der Waals surface area contributed by atoms with Gasteiger partial charge in [0.05, 0.1) is 7.11 Å². The van der Waals surface area contributed by atoms with Crippen molar-refractivity contribution in [2.45, 2.75) is 13.0 Å². The molecule has 104 valence electrons. The number of carbonyl (C=O) groups is 1. The minimum atomic E-state index is 0.0917. The molecule has 0 saturated heterocycles. The van der Waals surface area contributed by atoms with E-state index in [2.05, 4.69) is 0 Å². The van der Waals surface area contributed by atoms with Gasteiger partial charge in [-0.1, -0.05) is 12.1 Å². The predicted molar refractivity (Wildman–Crippen MR) is 75.2 cm³/mol. The van der Waals surface area contributed by atoms with Crippen molar-refractivity contribution in [3.63, 3.8) is 0 Å². The van der Waals surface area contributed by atoms with Crippen molar-refractivity contribution >= 4 is 6.29 Å². The number of methoxy groups -OCH3 is 1. The number of aromatic hydroxyl groups is 1. The smallest absolute Gasteiger partial charge is 0.124 e. The summed E-state index contributed by atoms with van der Waals surface area (Å²) in [6, 6.07) is 12.4. The van der Waals surface area contributed by atoms with E-state index in [1.54, 1.807) is 19.2 Å². The molecule has 1 N–H and O–H groups in total. The van der Waals surface area contributed by atoms with Crippen molar-refractivity contribution in [1.82, 2.24) is 0 Å². The molecule has 0 unspecified atom stereocenters. The van der Waals surface area contributed by atoms with Gasteiger partial charge in [-0.3, -0.25) is 0 Å². The van der Waals surface area contributed by atoms with Crippen molar-refractivity contribution in [3.8, 4) is 17.2 Å². The van der Waals surface area contributed by atoms with Gasteiger partial charge >= 0.3 is 0 Å². The summed E-state index contributed by atoms with van der Waals surface area (Å²) in [5.41, 5.74) is 1.72. The molecule has 2 aromatic carbocycles. The normalized spacial score (nSPS) is 10.1. The maximum absolute atomic E-state index is 10.5. The minimum absolute atomic E-state index is 0.0917. The van der Waals surface area contributed by atoms with Crippen LogP contribution < -0.4 is 9.47 Å². The molecule has 20 heavy (non-hydrogen) atoms. The maximum atomic E-state index is 10.5. The first kappa shape index (κ1) is 13.9. The SMILES string of the molecule is COc1ccc(COc2cc(O)cc(CC=O)c2)cc1. The second-order valence-electron chi connectivity index (χ2n) is 4.34. The lowest BCUT2D eigenvalue weighted by molar-refractivity contribution is -0.107. The summed E-state index contributed by atoms with van der Waals surface area (Å²) in [4.78, 5) is 10.5. The number of benzene rings is 2. The molecule has 4 heteroatoms. The standard InChI is InChI=1S/C16H16O4/c1-19-15-4-2-12(3-5-15)11-20-16-9-13(6-7-17)8-14(18)10-16/h2-5,7-10,18H,6,11H2,1H3. The van der Waals surface area contributed by atoms with Crippen molar-refractivity contribution in [3.05, 3.63) is 53.6 Å². The molecule has 0 amide bonds. The summed E-state index contributed by atoms with van der Waals surface area (Å²) >= 11 is 0. The zero-order valence-corrected chi connectivity index (χ0v) is 11.2. The number of hydrogen-bond donors (Lipinski definition) is 1. The van der Waals surface area contributed by atoms with E-state index < -0.39 is 0 Å². The Morgan fingerprint density at radius 3 is 2.45 bits per heavy atom. The monoisotopic (exact) mass is 272 g/mol. The molecule has 0 bridgehead atoms. The fourth-order valence-corrected chi connectivity index (χ4v) is 1.83. The Balaban J connectivity index is 2.03. The average Bonchev–Trinajstić information content (AvgIpc) is 2.45. The van der Waals surface area contributed by atoms with Crippen LogP contribution >= 0.6 is 0 Å². The van der Waals surface area contributed by atoms with Gasteiger partial charge in [-0.25, -0.2) is 0 Å². The van der Waals surface area contributed by atoms with Crippen LogP contribution in [0, 0.1) is 0 Å². The number of phenols is 1. The summed E-state index contributed by atoms with van der Waals surface area (Å²) in [6.07, 6.45) is 1.05. The first-order chi connectivity index (χ1) is 9.71. The summed E-state index contributed by atoms with van der Waals surface area (Å²) < 4.78 is 10.7. The quantitative estimate of drug-likeness (QED) is 0.821. The third-order valence-electron chi connectivity index (χ3n) is 2.83. The van der Waals surface area contributed by atoms with Gasteiger partial charge in [0.1, 0.15) is 30.1 Å². The number of hydrogen-bond acceptors (Lipinski definition) is 4. The Bertz CT molecular complexity index is 576. The Morgan fingerprint density at radius 2 is 1.80 bits per heavy atom. The van der Waals surface area contributed by atoms with Crippen molar-refractivity contribution < 1.29 is 19.4 Å². The van der Waals surface area contributed by atoms with E-state index in [4.69, 9.17) is 9.47 Å². The molecule has 0 aliphatic heterocycles. The number of phenolic OH excluding ortho intramolecular Hbond substituents is 1. The van der Waals surface area contributed by atoms with Crippen LogP contribution in [0.4, 0.5) is 0 Å². The van der Waals surface area contributed by atoms with Gasteiger partial charge in [-0.2, -0.15) is 0 Å². The van der Waals surface area contributed by atoms with Crippen molar-refractivity contribution in [2.75, 3.05) is 7.11 Å². The summed E-state index contributed by atoms with van der Waals surface area (Å²) in [5, 5.41) is 9.57. The highest BCUT2D eigenvalue weighted by Gasteiger charge is 2.02. The largest absolute Gasteiger partial charge is 0.508 e. The highest BCUT2D eigenvalue weighted by Crippen LogP contribution is 2.23. The van der Waals surface area contributed by atoms with Crippen LogP contribution in [0.25, 0.3) is 0 Å². The van der Waals surface area contributed by atoms with Crippen LogP contribution in [0.5, 0.6) is 17.2 Å². The molecular formula is C16H16O4. The summed E-state index contributed by atoms with van der Waals surface area (Å²) in [5.74, 6) is 1.42. The van der Waals surface area contributed by atoms with Gasteiger partial charge in [0, 0.05) is 12.5 Å². The summed E-state index contributed by atoms with van der Waals surface area (Å²) in [6.45, 7) is 0.383. The van der Waals surface area contributed by atoms with E-state index in [9.17, 15) is 9.90 Å². The number of ether oxygens (including phenoxy) is 2. The highest BCUT2D eigenvalue weighted by atomic mass is 16.5. The van der Waals surface area contributed by atoms with Crippen LogP contribution in [0.15, 0.2) is 42.5 Å². The Morgan fingerprint density at radius 1 is 1.05 bits per heavy atom. The molecule has 0 aliphatic rings. The fraction of sp³-hybridized carbons (Fsp3) is 0.188. The van der Waals surface area contributed by atoms with Crippen LogP contribution in [0.2, 0.25) is 0 Å². The zero-order valence-electron chi connectivity index (χ0n) is 11.2. The van der Waals surface area contributed by atoms with Crippen LogP contribution in [-0.4, -0.2) is 18.5 Å². The molecule has 0 radical (unpaired) electrons. The second kappa shape index (κ2) is 6.61. The fourth-order valence-electron chi connectivity index (χ4n) is 1.83. The highest BCUT2D eigenvalue weighted by molar-refractivity contribution is 5.56. The Labute approximate surface area is 117 Å². The lowest BCUT2D eigenvalue weighted by Gasteiger charge is -2.09. The van der Waals surface area contributed by atoms with E-state index in [0.717, 1.165) is 23.2 Å². The van der Waals surface area contributed by atoms with Crippen LogP contribution in [-0.2, 0) is 17.8 Å². The van der Waals surface area contributed by atoms with Gasteiger partial charge < -0.3 is 19.4 Å². The van der Waals surface area contributed by atoms with E-state index in [1.165, 1.54) is 6.07 Å². The van der Waals surface area contributed by atoms with Gasteiger partial charge in [-0.15, -0.1) is 0 Å². The van der Waals surface area contributed by atoms with Gasteiger partial charge in [0.25, 0.3) is 0 Å². The molecule has 0 spiro atoms. The molecule has 0 fully saturated rings. The molecule has 0 aromatic heterocycles. The van der Waals surface area contributed by atoms with Crippen molar-refractivity contribution in [1.29, 1.82) is 0 Å². The number of aldehydes is 1. The van der Waals surface area contributed by atoms with Crippen LogP contribution in [0.3, 0.4) is 0 Å². The first-order valence-corrected chi connectivity index (χ1v) is 6.23. The third kappa shape index (κ3) is 3.75. The predicted octanol–water partition coefficient (Wildman–Crippen LogP) is 2.72. The lowest BCUT2D eigenvalue weighted by atomic mass is 10.1. The Kier molecular flexibility index (Phi) is 4.60. The molecule has 2 aromatic rings. The number of carbonyl (C=O) groups excluding carboxylic acids is 1. The average molecular weight is 272 g/mol. The third-order valence-corrected chi connectivity index (χ3v) is 2.83. The molecule has 2 rings (SSSR count). The molecule has 0 heterocycles.